The van der Waals surface area contributed by atoms with Crippen LogP contribution in [0.1, 0.15) is 85.0 Å². The Bertz CT molecular complexity index is 648. The predicted octanol–water partition coefficient (Wildman–Crippen LogP) is 6.09. The highest BCUT2D eigenvalue weighted by Gasteiger charge is 2.61. The molecule has 0 saturated heterocycles. The van der Waals surface area contributed by atoms with Gasteiger partial charge < -0.3 is 5.11 Å². The van der Waals surface area contributed by atoms with Crippen LogP contribution in [-0.2, 0) is 9.59 Å². The SMILES string of the molecule is C[C@@H](CCC(=O)O)[C@H]1CC[C@H]2[C@@H]3CC[C@H]4[C@@H](Br)C(=O)CC[C@]4(C)[C@H]3CC[C@]12C. The van der Waals surface area contributed by atoms with Crippen LogP contribution in [0.15, 0.2) is 0 Å². The van der Waals surface area contributed by atoms with Gasteiger partial charge in [-0.25, -0.2) is 0 Å². The molecule has 0 spiro atoms. The van der Waals surface area contributed by atoms with Gasteiger partial charge in [-0.3, -0.25) is 9.59 Å². The molecule has 4 rings (SSSR count). The first kappa shape index (κ1) is 20.9. The molecule has 4 aliphatic rings. The summed E-state index contributed by atoms with van der Waals surface area (Å²) in [5.41, 5.74) is 0.708. The van der Waals surface area contributed by atoms with Crippen molar-refractivity contribution >= 4 is 27.7 Å². The van der Waals surface area contributed by atoms with Crippen molar-refractivity contribution in [1.29, 1.82) is 0 Å². The van der Waals surface area contributed by atoms with Gasteiger partial charge >= 0.3 is 5.97 Å². The molecular weight excluding hydrogens is 416 g/mol. The van der Waals surface area contributed by atoms with E-state index in [4.69, 9.17) is 5.11 Å². The number of carbonyl (C=O) groups is 2. The fraction of sp³-hybridized carbons (Fsp3) is 0.917. The van der Waals surface area contributed by atoms with Crippen molar-refractivity contribution in [2.75, 3.05) is 0 Å². The summed E-state index contributed by atoms with van der Waals surface area (Å²) in [6, 6.07) is 0. The van der Waals surface area contributed by atoms with Gasteiger partial charge in [-0.05, 0) is 97.7 Å². The number of hydrogen-bond acceptors (Lipinski definition) is 2. The van der Waals surface area contributed by atoms with Gasteiger partial charge in [0.25, 0.3) is 0 Å². The number of alkyl halides is 1. The standard InChI is InChI=1S/C24H37BrO3/c1-14(4-9-21(27)28)16-7-8-17-15-5-6-19-22(25)20(26)11-13-24(19,3)18(15)10-12-23(16,17)2/h14-19,22H,4-13H2,1-3H3,(H,27,28)/t14-,15-,16+,17-,18-,19-,22+,23+,24+/m0/s1. The van der Waals surface area contributed by atoms with Crippen LogP contribution in [0, 0.1) is 46.3 Å². The van der Waals surface area contributed by atoms with Gasteiger partial charge in [-0.1, -0.05) is 36.7 Å². The van der Waals surface area contributed by atoms with Gasteiger partial charge in [0.15, 0.2) is 0 Å². The molecule has 158 valence electrons. The molecule has 4 fully saturated rings. The van der Waals surface area contributed by atoms with Crippen LogP contribution in [0.25, 0.3) is 0 Å². The normalized spacial score (nSPS) is 49.1. The number of carbonyl (C=O) groups excluding carboxylic acids is 1. The first-order valence-electron chi connectivity index (χ1n) is 11.6. The molecule has 1 N–H and O–H groups in total. The topological polar surface area (TPSA) is 54.4 Å². The molecule has 9 atom stereocenters. The lowest BCUT2D eigenvalue weighted by Gasteiger charge is -2.61. The molecule has 28 heavy (non-hydrogen) atoms. The summed E-state index contributed by atoms with van der Waals surface area (Å²) in [4.78, 5) is 23.5. The van der Waals surface area contributed by atoms with Gasteiger partial charge in [0, 0.05) is 12.8 Å². The number of fused-ring (bicyclic) bond motifs is 5. The Morgan fingerprint density at radius 1 is 1.07 bits per heavy atom. The molecule has 4 heteroatoms. The van der Waals surface area contributed by atoms with Crippen LogP contribution in [0.5, 0.6) is 0 Å². The Balaban J connectivity index is 1.53. The van der Waals surface area contributed by atoms with Crippen molar-refractivity contribution < 1.29 is 14.7 Å². The second kappa shape index (κ2) is 7.39. The maximum absolute atomic E-state index is 12.3. The maximum atomic E-state index is 12.3. The molecule has 0 amide bonds. The summed E-state index contributed by atoms with van der Waals surface area (Å²) in [5.74, 6) is 3.86. The lowest BCUT2D eigenvalue weighted by atomic mass is 9.44. The van der Waals surface area contributed by atoms with E-state index in [0.717, 1.165) is 37.0 Å². The maximum Gasteiger partial charge on any atom is 0.303 e. The number of aliphatic carboxylic acids is 1. The lowest BCUT2D eigenvalue weighted by Crippen LogP contribution is -2.56. The first-order valence-corrected chi connectivity index (χ1v) is 12.5. The zero-order valence-corrected chi connectivity index (χ0v) is 19.3. The fourth-order valence-electron chi connectivity index (χ4n) is 8.62. The van der Waals surface area contributed by atoms with E-state index in [-0.39, 0.29) is 4.83 Å². The van der Waals surface area contributed by atoms with E-state index in [0.29, 0.717) is 40.8 Å². The van der Waals surface area contributed by atoms with Crippen LogP contribution in [-0.4, -0.2) is 21.7 Å². The predicted molar refractivity (Wildman–Crippen MR) is 114 cm³/mol. The molecule has 3 nitrogen and oxygen atoms in total. The second-order valence-electron chi connectivity index (χ2n) is 11.1. The average Bonchev–Trinajstić information content (AvgIpc) is 3.00. The number of Topliss-reactive ketones (excluding diaryl/α,β-unsaturated/α-hetero) is 1. The Labute approximate surface area is 178 Å². The number of rotatable bonds is 4. The zero-order chi connectivity index (χ0) is 20.3. The molecule has 0 unspecified atom stereocenters. The van der Waals surface area contributed by atoms with E-state index in [1.54, 1.807) is 0 Å². The van der Waals surface area contributed by atoms with Crippen LogP contribution in [0.4, 0.5) is 0 Å². The van der Waals surface area contributed by atoms with Crippen molar-refractivity contribution in [1.82, 2.24) is 0 Å². The summed E-state index contributed by atoms with van der Waals surface area (Å²) in [7, 11) is 0. The van der Waals surface area contributed by atoms with E-state index in [2.05, 4.69) is 36.7 Å². The molecule has 0 radical (unpaired) electrons. The summed E-state index contributed by atoms with van der Waals surface area (Å²) in [6.07, 6.45) is 10.7. The third kappa shape index (κ3) is 3.11. The van der Waals surface area contributed by atoms with Gasteiger partial charge in [0.1, 0.15) is 5.78 Å². The minimum atomic E-state index is -0.655. The monoisotopic (exact) mass is 452 g/mol. The minimum absolute atomic E-state index is 0.0767. The van der Waals surface area contributed by atoms with Crippen LogP contribution in [0.2, 0.25) is 0 Å². The third-order valence-electron chi connectivity index (χ3n) is 10.1. The van der Waals surface area contributed by atoms with Gasteiger partial charge in [-0.2, -0.15) is 0 Å². The second-order valence-corrected chi connectivity index (χ2v) is 12.1. The molecule has 0 aromatic heterocycles. The number of hydrogen-bond donors (Lipinski definition) is 1. The number of carboxylic acid groups (broad SMARTS) is 1. The average molecular weight is 453 g/mol. The summed E-state index contributed by atoms with van der Waals surface area (Å²) in [5, 5.41) is 9.11. The minimum Gasteiger partial charge on any atom is -0.481 e. The van der Waals surface area contributed by atoms with E-state index < -0.39 is 5.97 Å². The molecular formula is C24H37BrO3. The summed E-state index contributed by atoms with van der Waals surface area (Å²) < 4.78 is 0. The van der Waals surface area contributed by atoms with E-state index >= 15 is 0 Å². The van der Waals surface area contributed by atoms with E-state index in [1.165, 1.54) is 38.5 Å². The number of ketones is 1. The summed E-state index contributed by atoms with van der Waals surface area (Å²) in [6.45, 7) is 7.34. The van der Waals surface area contributed by atoms with Crippen molar-refractivity contribution in [3.05, 3.63) is 0 Å². The quantitative estimate of drug-likeness (QED) is 0.524. The highest BCUT2D eigenvalue weighted by molar-refractivity contribution is 9.10. The largest absolute Gasteiger partial charge is 0.481 e. The van der Waals surface area contributed by atoms with Gasteiger partial charge in [-0.15, -0.1) is 0 Å². The fourth-order valence-corrected chi connectivity index (χ4v) is 9.72. The summed E-state index contributed by atoms with van der Waals surface area (Å²) >= 11 is 3.77. The zero-order valence-electron chi connectivity index (χ0n) is 17.8. The van der Waals surface area contributed by atoms with Gasteiger partial charge in [0.05, 0.1) is 4.83 Å². The van der Waals surface area contributed by atoms with Crippen LogP contribution >= 0.6 is 15.9 Å². The molecule has 0 aromatic carbocycles. The number of carboxylic acids is 1. The molecule has 4 aliphatic carbocycles. The van der Waals surface area contributed by atoms with Crippen LogP contribution < -0.4 is 0 Å². The molecule has 0 aliphatic heterocycles. The van der Waals surface area contributed by atoms with E-state index in [1.807, 2.05) is 0 Å². The Hall–Kier alpha value is -0.380. The van der Waals surface area contributed by atoms with Gasteiger partial charge in [0.2, 0.25) is 0 Å². The van der Waals surface area contributed by atoms with Crippen molar-refractivity contribution in [3.63, 3.8) is 0 Å². The highest BCUT2D eigenvalue weighted by atomic mass is 79.9. The molecule has 4 saturated carbocycles. The van der Waals surface area contributed by atoms with Crippen molar-refractivity contribution in [2.45, 2.75) is 89.8 Å². The number of halogens is 1. The first-order chi connectivity index (χ1) is 13.2. The van der Waals surface area contributed by atoms with E-state index in [9.17, 15) is 9.59 Å². The lowest BCUT2D eigenvalue weighted by molar-refractivity contribution is -0.139. The van der Waals surface area contributed by atoms with Crippen LogP contribution in [0.3, 0.4) is 0 Å². The van der Waals surface area contributed by atoms with Crippen molar-refractivity contribution in [2.24, 2.45) is 46.3 Å². The Morgan fingerprint density at radius 2 is 1.75 bits per heavy atom. The highest BCUT2D eigenvalue weighted by Crippen LogP contribution is 2.68. The Kier molecular flexibility index (Phi) is 5.51. The third-order valence-corrected chi connectivity index (χ3v) is 11.2. The molecule has 0 bridgehead atoms. The molecule has 0 aromatic rings. The Morgan fingerprint density at radius 3 is 2.46 bits per heavy atom. The van der Waals surface area contributed by atoms with Crippen molar-refractivity contribution in [3.8, 4) is 0 Å². The smallest absolute Gasteiger partial charge is 0.303 e. The molecule has 0 heterocycles.